The van der Waals surface area contributed by atoms with Crippen molar-refractivity contribution < 1.29 is 9.47 Å². The Morgan fingerprint density at radius 2 is 1.90 bits per heavy atom. The summed E-state index contributed by atoms with van der Waals surface area (Å²) in [5.74, 6) is 1.82. The summed E-state index contributed by atoms with van der Waals surface area (Å²) < 4.78 is 11.6. The van der Waals surface area contributed by atoms with E-state index >= 15 is 0 Å². The average Bonchev–Trinajstić information content (AvgIpc) is 2.87. The van der Waals surface area contributed by atoms with Crippen LogP contribution < -0.4 is 14.8 Å². The van der Waals surface area contributed by atoms with Crippen LogP contribution in [0.2, 0.25) is 0 Å². The first-order chi connectivity index (χ1) is 9.93. The van der Waals surface area contributed by atoms with Crippen LogP contribution in [0.5, 0.6) is 11.5 Å². The summed E-state index contributed by atoms with van der Waals surface area (Å²) in [5, 5.41) is 3.52. The molecule has 0 saturated carbocycles. The predicted molar refractivity (Wildman–Crippen MR) is 79.4 cm³/mol. The van der Waals surface area contributed by atoms with Crippen molar-refractivity contribution >= 4 is 0 Å². The molecule has 0 aromatic heterocycles. The standard InChI is InChI=1S/C16H24N2O2/c1-2-9-18(8-1)10-7-17-13-14-5-3-6-15-16(14)20-12-4-11-19-15/h3,5-6,17H,1-2,4,7-13H2. The van der Waals surface area contributed by atoms with Crippen LogP contribution in [0.25, 0.3) is 0 Å². The van der Waals surface area contributed by atoms with Gasteiger partial charge < -0.3 is 19.7 Å². The van der Waals surface area contributed by atoms with E-state index in [1.54, 1.807) is 0 Å². The lowest BCUT2D eigenvalue weighted by molar-refractivity contribution is 0.295. The van der Waals surface area contributed by atoms with Crippen molar-refractivity contribution in [3.05, 3.63) is 23.8 Å². The Bertz CT molecular complexity index is 430. The summed E-state index contributed by atoms with van der Waals surface area (Å²) in [4.78, 5) is 2.53. The molecular weight excluding hydrogens is 252 g/mol. The second-order valence-corrected chi connectivity index (χ2v) is 5.52. The van der Waals surface area contributed by atoms with Gasteiger partial charge in [0.25, 0.3) is 0 Å². The van der Waals surface area contributed by atoms with Gasteiger partial charge in [-0.2, -0.15) is 0 Å². The van der Waals surface area contributed by atoms with Gasteiger partial charge in [-0.25, -0.2) is 0 Å². The van der Waals surface area contributed by atoms with Gasteiger partial charge in [0, 0.05) is 31.6 Å². The first-order valence-corrected chi connectivity index (χ1v) is 7.74. The number of fused-ring (bicyclic) bond motifs is 1. The Balaban J connectivity index is 1.51. The molecule has 0 bridgehead atoms. The SMILES string of the molecule is c1cc(CNCCN2CCCC2)c2c(c1)OCCCO2. The van der Waals surface area contributed by atoms with Gasteiger partial charge in [0.05, 0.1) is 13.2 Å². The summed E-state index contributed by atoms with van der Waals surface area (Å²) >= 11 is 0. The molecule has 1 fully saturated rings. The lowest BCUT2D eigenvalue weighted by atomic mass is 10.2. The van der Waals surface area contributed by atoms with Gasteiger partial charge in [-0.05, 0) is 32.0 Å². The van der Waals surface area contributed by atoms with Gasteiger partial charge in [0.15, 0.2) is 11.5 Å². The summed E-state index contributed by atoms with van der Waals surface area (Å²) in [5.41, 5.74) is 1.20. The molecule has 0 aliphatic carbocycles. The maximum absolute atomic E-state index is 5.83. The zero-order valence-corrected chi connectivity index (χ0v) is 12.1. The zero-order valence-electron chi connectivity index (χ0n) is 12.1. The maximum Gasteiger partial charge on any atom is 0.165 e. The predicted octanol–water partition coefficient (Wildman–Crippen LogP) is 2.03. The number of rotatable bonds is 5. The Morgan fingerprint density at radius 3 is 2.80 bits per heavy atom. The van der Waals surface area contributed by atoms with E-state index in [4.69, 9.17) is 9.47 Å². The number of nitrogens with zero attached hydrogens (tertiary/aromatic N) is 1. The highest BCUT2D eigenvalue weighted by molar-refractivity contribution is 5.47. The molecule has 2 aliphatic heterocycles. The van der Waals surface area contributed by atoms with E-state index in [1.807, 2.05) is 12.1 Å². The minimum atomic E-state index is 0.748. The molecule has 4 nitrogen and oxygen atoms in total. The molecular formula is C16H24N2O2. The highest BCUT2D eigenvalue weighted by atomic mass is 16.5. The van der Waals surface area contributed by atoms with Crippen molar-refractivity contribution in [2.24, 2.45) is 0 Å². The summed E-state index contributed by atoms with van der Waals surface area (Å²) in [6, 6.07) is 6.16. The summed E-state index contributed by atoms with van der Waals surface area (Å²) in [7, 11) is 0. The van der Waals surface area contributed by atoms with E-state index in [9.17, 15) is 0 Å². The number of ether oxygens (including phenoxy) is 2. The van der Waals surface area contributed by atoms with Crippen LogP contribution in [0.4, 0.5) is 0 Å². The van der Waals surface area contributed by atoms with Crippen LogP contribution in [-0.2, 0) is 6.54 Å². The monoisotopic (exact) mass is 276 g/mol. The molecule has 0 amide bonds. The average molecular weight is 276 g/mol. The highest BCUT2D eigenvalue weighted by Crippen LogP contribution is 2.33. The van der Waals surface area contributed by atoms with Crippen LogP contribution in [0.3, 0.4) is 0 Å². The first kappa shape index (κ1) is 13.7. The van der Waals surface area contributed by atoms with E-state index in [0.29, 0.717) is 0 Å². The number of nitrogens with one attached hydrogen (secondary N) is 1. The highest BCUT2D eigenvalue weighted by Gasteiger charge is 2.14. The van der Waals surface area contributed by atoms with Crippen molar-refractivity contribution in [2.45, 2.75) is 25.8 Å². The van der Waals surface area contributed by atoms with E-state index in [1.165, 1.54) is 31.5 Å². The van der Waals surface area contributed by atoms with Crippen LogP contribution in [0.15, 0.2) is 18.2 Å². The molecule has 1 aromatic rings. The molecule has 1 aromatic carbocycles. The van der Waals surface area contributed by atoms with Crippen LogP contribution >= 0.6 is 0 Å². The molecule has 2 heterocycles. The molecule has 0 radical (unpaired) electrons. The fourth-order valence-electron chi connectivity index (χ4n) is 2.86. The van der Waals surface area contributed by atoms with Gasteiger partial charge in [-0.1, -0.05) is 12.1 Å². The second-order valence-electron chi connectivity index (χ2n) is 5.52. The number of hydrogen-bond donors (Lipinski definition) is 1. The number of para-hydroxylation sites is 1. The third-order valence-corrected chi connectivity index (χ3v) is 3.97. The Kier molecular flexibility index (Phi) is 4.77. The van der Waals surface area contributed by atoms with Crippen molar-refractivity contribution in [3.63, 3.8) is 0 Å². The minimum absolute atomic E-state index is 0.748. The third-order valence-electron chi connectivity index (χ3n) is 3.97. The fraction of sp³-hybridized carbons (Fsp3) is 0.625. The Labute approximate surface area is 121 Å². The first-order valence-electron chi connectivity index (χ1n) is 7.74. The van der Waals surface area contributed by atoms with Gasteiger partial charge in [-0.15, -0.1) is 0 Å². The Morgan fingerprint density at radius 1 is 1.05 bits per heavy atom. The molecule has 0 unspecified atom stereocenters. The topological polar surface area (TPSA) is 33.7 Å². The van der Waals surface area contributed by atoms with Gasteiger partial charge >= 0.3 is 0 Å². The molecule has 110 valence electrons. The van der Waals surface area contributed by atoms with Crippen LogP contribution in [-0.4, -0.2) is 44.3 Å². The number of hydrogen-bond acceptors (Lipinski definition) is 4. The van der Waals surface area contributed by atoms with Crippen molar-refractivity contribution in [2.75, 3.05) is 39.4 Å². The smallest absolute Gasteiger partial charge is 0.165 e. The Hall–Kier alpha value is -1.26. The normalized spacial score (nSPS) is 19.0. The van der Waals surface area contributed by atoms with E-state index < -0.39 is 0 Å². The molecule has 0 atom stereocenters. The molecule has 3 rings (SSSR count). The van der Waals surface area contributed by atoms with Crippen molar-refractivity contribution in [1.82, 2.24) is 10.2 Å². The lowest BCUT2D eigenvalue weighted by Crippen LogP contribution is -2.29. The number of benzene rings is 1. The van der Waals surface area contributed by atoms with E-state index in [2.05, 4.69) is 16.3 Å². The van der Waals surface area contributed by atoms with Crippen LogP contribution in [0.1, 0.15) is 24.8 Å². The minimum Gasteiger partial charge on any atom is -0.490 e. The van der Waals surface area contributed by atoms with Gasteiger partial charge in [-0.3, -0.25) is 0 Å². The molecule has 2 aliphatic rings. The summed E-state index contributed by atoms with van der Waals surface area (Å²) in [6.07, 6.45) is 3.67. The molecule has 4 heteroatoms. The van der Waals surface area contributed by atoms with Crippen molar-refractivity contribution in [1.29, 1.82) is 0 Å². The fourth-order valence-corrected chi connectivity index (χ4v) is 2.86. The quantitative estimate of drug-likeness (QED) is 0.834. The lowest BCUT2D eigenvalue weighted by Gasteiger charge is -2.16. The summed E-state index contributed by atoms with van der Waals surface area (Å²) in [6.45, 7) is 7.05. The zero-order chi connectivity index (χ0) is 13.6. The van der Waals surface area contributed by atoms with Crippen molar-refractivity contribution in [3.8, 4) is 11.5 Å². The largest absolute Gasteiger partial charge is 0.490 e. The molecule has 0 spiro atoms. The van der Waals surface area contributed by atoms with E-state index in [-0.39, 0.29) is 0 Å². The van der Waals surface area contributed by atoms with Crippen LogP contribution in [0, 0.1) is 0 Å². The van der Waals surface area contributed by atoms with E-state index in [0.717, 1.165) is 50.8 Å². The second kappa shape index (κ2) is 6.95. The number of likely N-dealkylation sites (tertiary alicyclic amines) is 1. The molecule has 1 N–H and O–H groups in total. The molecule has 1 saturated heterocycles. The van der Waals surface area contributed by atoms with Gasteiger partial charge in [0.1, 0.15) is 0 Å². The third kappa shape index (κ3) is 3.44. The van der Waals surface area contributed by atoms with Gasteiger partial charge in [0.2, 0.25) is 0 Å². The maximum atomic E-state index is 5.83. The molecule has 20 heavy (non-hydrogen) atoms.